The lowest BCUT2D eigenvalue weighted by Gasteiger charge is -2.33. The molecule has 1 aromatic carbocycles. The Kier molecular flexibility index (Phi) is 15.7. The van der Waals surface area contributed by atoms with Gasteiger partial charge in [0.25, 0.3) is 11.8 Å². The van der Waals surface area contributed by atoms with Crippen LogP contribution in [0.2, 0.25) is 0 Å². The standard InChI is InChI=1S/C39H52F2N8O9/c1-6-9-27(32(51)39(40,41)37(56)44-15-17-50)45-34(53)29-18-26(58-38(57)48-16-12-24-10-7-8-11-25(24)20-48)21-49(29)36(55)31(23(4)5)47-35(54)30(22(2)3)46-33(52)28-19-42-13-14-43-28/h7-8,10-11,13-14,17,19,22-23,26-27,29-32,51H,6,9,12,15-16,18,20-21H2,1-5H3,(H,44,56)(H,45,53)(H,46,52)(H,47,54)/t26-,27+,29+,30+,31+,32?/m1/s1. The van der Waals surface area contributed by atoms with Crippen LogP contribution in [0.3, 0.4) is 0 Å². The Labute approximate surface area is 335 Å². The zero-order valence-corrected chi connectivity index (χ0v) is 33.2. The zero-order valence-electron chi connectivity index (χ0n) is 33.2. The maximum atomic E-state index is 15.1. The van der Waals surface area contributed by atoms with E-state index in [1.54, 1.807) is 39.9 Å². The molecule has 17 nitrogen and oxygen atoms in total. The molecule has 0 aliphatic carbocycles. The molecular formula is C39H52F2N8O9. The fraction of sp³-hybridized carbons (Fsp3) is 0.564. The van der Waals surface area contributed by atoms with Crippen LogP contribution < -0.4 is 21.3 Å². The van der Waals surface area contributed by atoms with Crippen LogP contribution in [0.4, 0.5) is 13.6 Å². The fourth-order valence-electron chi connectivity index (χ4n) is 6.88. The highest BCUT2D eigenvalue weighted by Gasteiger charge is 2.51. The molecule has 4 rings (SSSR count). The molecule has 1 unspecified atom stereocenters. The fourth-order valence-corrected chi connectivity index (χ4v) is 6.88. The maximum Gasteiger partial charge on any atom is 0.410 e. The number of aldehydes is 1. The van der Waals surface area contributed by atoms with Crippen LogP contribution in [-0.4, -0.2) is 129 Å². The number of nitrogens with one attached hydrogen (secondary N) is 4. The molecule has 2 aliphatic heterocycles. The molecule has 0 spiro atoms. The quantitative estimate of drug-likeness (QED) is 0.142. The van der Waals surface area contributed by atoms with E-state index in [1.165, 1.54) is 23.5 Å². The van der Waals surface area contributed by atoms with Crippen molar-refractivity contribution in [3.05, 3.63) is 59.7 Å². The van der Waals surface area contributed by atoms with Crippen LogP contribution in [0, 0.1) is 11.8 Å². The minimum Gasteiger partial charge on any atom is -0.444 e. The Hall–Kier alpha value is -5.59. The number of rotatable bonds is 17. The number of halogens is 2. The molecule has 1 fully saturated rings. The molecule has 19 heteroatoms. The molecule has 3 heterocycles. The second-order valence-electron chi connectivity index (χ2n) is 15.1. The molecular weight excluding hydrogens is 762 g/mol. The summed E-state index contributed by atoms with van der Waals surface area (Å²) in [4.78, 5) is 102. The van der Waals surface area contributed by atoms with Gasteiger partial charge in [-0.25, -0.2) is 9.78 Å². The highest BCUT2D eigenvalue weighted by atomic mass is 19.3. The number of carbonyl (C=O) groups excluding carboxylic acids is 7. The van der Waals surface area contributed by atoms with Crippen molar-refractivity contribution in [2.45, 2.75) is 109 Å². The third-order valence-electron chi connectivity index (χ3n) is 10.1. The first-order chi connectivity index (χ1) is 27.5. The molecule has 58 heavy (non-hydrogen) atoms. The first-order valence-corrected chi connectivity index (χ1v) is 19.3. The Balaban J connectivity index is 1.59. The number of benzene rings is 1. The molecule has 6 amide bonds. The number of hydrogen-bond acceptors (Lipinski definition) is 11. The molecule has 0 bridgehead atoms. The van der Waals surface area contributed by atoms with E-state index in [9.17, 15) is 38.7 Å². The van der Waals surface area contributed by atoms with E-state index < -0.39 is 96.3 Å². The summed E-state index contributed by atoms with van der Waals surface area (Å²) in [5.41, 5.74) is 1.99. The smallest absolute Gasteiger partial charge is 0.410 e. The van der Waals surface area contributed by atoms with Crippen LogP contribution in [0.1, 0.15) is 75.5 Å². The highest BCUT2D eigenvalue weighted by Crippen LogP contribution is 2.28. The van der Waals surface area contributed by atoms with Crippen LogP contribution in [-0.2, 0) is 41.7 Å². The summed E-state index contributed by atoms with van der Waals surface area (Å²) in [6.45, 7) is 7.85. The summed E-state index contributed by atoms with van der Waals surface area (Å²) < 4.78 is 36.0. The van der Waals surface area contributed by atoms with Crippen molar-refractivity contribution in [3.8, 4) is 0 Å². The predicted octanol–water partition coefficient (Wildman–Crippen LogP) is 1.13. The first-order valence-electron chi connectivity index (χ1n) is 19.3. The molecule has 316 valence electrons. The summed E-state index contributed by atoms with van der Waals surface area (Å²) in [7, 11) is 0. The third kappa shape index (κ3) is 11.1. The lowest BCUT2D eigenvalue weighted by molar-refractivity contribution is -0.168. The van der Waals surface area contributed by atoms with Crippen LogP contribution in [0.15, 0.2) is 42.9 Å². The molecule has 0 saturated carbocycles. The van der Waals surface area contributed by atoms with Crippen molar-refractivity contribution < 1.29 is 52.2 Å². The summed E-state index contributed by atoms with van der Waals surface area (Å²) in [5, 5.41) is 20.1. The summed E-state index contributed by atoms with van der Waals surface area (Å²) in [6.07, 6.45) is -0.0598. The van der Waals surface area contributed by atoms with E-state index in [0.29, 0.717) is 13.0 Å². The molecule has 6 atom stereocenters. The number of aliphatic hydroxyl groups is 1. The number of nitrogens with zero attached hydrogens (tertiary/aromatic N) is 4. The van der Waals surface area contributed by atoms with Crippen LogP contribution >= 0.6 is 0 Å². The lowest BCUT2D eigenvalue weighted by atomic mass is 9.98. The van der Waals surface area contributed by atoms with Crippen molar-refractivity contribution >= 4 is 41.9 Å². The van der Waals surface area contributed by atoms with Crippen molar-refractivity contribution in [2.75, 3.05) is 19.6 Å². The topological polar surface area (TPSA) is 229 Å². The van der Waals surface area contributed by atoms with Crippen molar-refractivity contribution in [3.63, 3.8) is 0 Å². The molecule has 5 N–H and O–H groups in total. The number of likely N-dealkylation sites (tertiary alicyclic amines) is 1. The molecule has 1 aromatic heterocycles. The maximum absolute atomic E-state index is 15.1. The molecule has 0 radical (unpaired) electrons. The van der Waals surface area contributed by atoms with Gasteiger partial charge in [0, 0.05) is 31.9 Å². The molecule has 1 saturated heterocycles. The van der Waals surface area contributed by atoms with Gasteiger partial charge in [0.05, 0.1) is 25.3 Å². The Morgan fingerprint density at radius 3 is 2.31 bits per heavy atom. The molecule has 2 aromatic rings. The van der Waals surface area contributed by atoms with Gasteiger partial charge in [-0.1, -0.05) is 65.3 Å². The normalized spacial score (nSPS) is 18.7. The largest absolute Gasteiger partial charge is 0.444 e. The number of hydrogen-bond donors (Lipinski definition) is 5. The van der Waals surface area contributed by atoms with Gasteiger partial charge in [-0.05, 0) is 35.8 Å². The molecule has 2 aliphatic rings. The SMILES string of the molecule is CCC[C@H](NC(=O)[C@@H]1C[C@@H](OC(=O)N2CCc3ccccc3C2)CN1C(=O)[C@@H](NC(=O)[C@@H](NC(=O)c1cnccn1)C(C)C)C(C)C)C(O)C(F)(F)C(=O)NCC=O. The lowest BCUT2D eigenvalue weighted by Crippen LogP contribution is -2.61. The van der Waals surface area contributed by atoms with Crippen LogP contribution in [0.25, 0.3) is 0 Å². The zero-order chi connectivity index (χ0) is 42.7. The van der Waals surface area contributed by atoms with Gasteiger partial charge in [-0.2, -0.15) is 8.78 Å². The van der Waals surface area contributed by atoms with Gasteiger partial charge < -0.3 is 45.7 Å². The van der Waals surface area contributed by atoms with Gasteiger partial charge in [-0.15, -0.1) is 0 Å². The summed E-state index contributed by atoms with van der Waals surface area (Å²) in [5.74, 6) is -10.5. The van der Waals surface area contributed by atoms with Crippen molar-refractivity contribution in [1.29, 1.82) is 0 Å². The van der Waals surface area contributed by atoms with Crippen molar-refractivity contribution in [1.82, 2.24) is 41.0 Å². The number of fused-ring (bicyclic) bond motifs is 1. The Morgan fingerprint density at radius 1 is 1.00 bits per heavy atom. The number of aliphatic hydroxyl groups excluding tert-OH is 1. The second-order valence-corrected chi connectivity index (χ2v) is 15.1. The predicted molar refractivity (Wildman–Crippen MR) is 203 cm³/mol. The van der Waals surface area contributed by atoms with E-state index in [4.69, 9.17) is 4.74 Å². The number of ether oxygens (including phenoxy) is 1. The third-order valence-corrected chi connectivity index (χ3v) is 10.1. The average molecular weight is 815 g/mol. The van der Waals surface area contributed by atoms with Crippen LogP contribution in [0.5, 0.6) is 0 Å². The van der Waals surface area contributed by atoms with E-state index >= 15 is 8.78 Å². The summed E-state index contributed by atoms with van der Waals surface area (Å²) in [6, 6.07) is 2.08. The van der Waals surface area contributed by atoms with Gasteiger partial charge in [-0.3, -0.25) is 29.0 Å². The second kappa shape index (κ2) is 20.2. The average Bonchev–Trinajstić information content (AvgIpc) is 3.63. The van der Waals surface area contributed by atoms with Gasteiger partial charge in [0.2, 0.25) is 17.7 Å². The summed E-state index contributed by atoms with van der Waals surface area (Å²) >= 11 is 0. The van der Waals surface area contributed by atoms with Crippen molar-refractivity contribution in [2.24, 2.45) is 11.8 Å². The number of carbonyl (C=O) groups is 7. The highest BCUT2D eigenvalue weighted by molar-refractivity contribution is 5.98. The first kappa shape index (κ1) is 45.1. The van der Waals surface area contributed by atoms with E-state index in [2.05, 4.69) is 25.9 Å². The van der Waals surface area contributed by atoms with E-state index in [-0.39, 0.29) is 44.3 Å². The Morgan fingerprint density at radius 2 is 1.69 bits per heavy atom. The Bertz CT molecular complexity index is 1800. The number of amides is 6. The van der Waals surface area contributed by atoms with Gasteiger partial charge in [0.15, 0.2) is 0 Å². The van der Waals surface area contributed by atoms with Gasteiger partial charge in [0.1, 0.15) is 42.3 Å². The van der Waals surface area contributed by atoms with E-state index in [1.807, 2.05) is 24.3 Å². The number of aromatic nitrogens is 2. The monoisotopic (exact) mass is 814 g/mol. The number of alkyl halides is 2. The minimum absolute atomic E-state index is 0.0384. The van der Waals surface area contributed by atoms with E-state index in [0.717, 1.165) is 16.0 Å². The van der Waals surface area contributed by atoms with Gasteiger partial charge >= 0.3 is 12.0 Å². The minimum atomic E-state index is -4.42.